The van der Waals surface area contributed by atoms with Crippen LogP contribution >= 0.6 is 11.6 Å². The molecule has 0 aromatic heterocycles. The molecule has 0 atom stereocenters. The number of carboxylic acid groups (broad SMARTS) is 1. The second kappa shape index (κ2) is 10.8. The smallest absolute Gasteiger partial charge is 0.335 e. The first-order chi connectivity index (χ1) is 15.9. The van der Waals surface area contributed by atoms with Gasteiger partial charge in [-0.15, -0.1) is 0 Å². The number of hydrogen-bond donors (Lipinski definition) is 2. The van der Waals surface area contributed by atoms with E-state index in [0.717, 1.165) is 5.56 Å². The maximum absolute atomic E-state index is 12.6. The first-order valence-corrected chi connectivity index (χ1v) is 10.1. The van der Waals surface area contributed by atoms with Crippen LogP contribution in [0.25, 0.3) is 6.08 Å². The molecule has 33 heavy (non-hydrogen) atoms. The van der Waals surface area contributed by atoms with Gasteiger partial charge in [-0.2, -0.15) is 5.26 Å². The number of anilines is 1. The van der Waals surface area contributed by atoms with Crippen molar-refractivity contribution in [1.82, 2.24) is 0 Å². The fraction of sp³-hybridized carbons (Fsp3) is 0.0800. The van der Waals surface area contributed by atoms with Gasteiger partial charge in [-0.25, -0.2) is 4.79 Å². The Balaban J connectivity index is 1.81. The lowest BCUT2D eigenvalue weighted by Gasteiger charge is -2.12. The summed E-state index contributed by atoms with van der Waals surface area (Å²) in [6.45, 7) is 0.203. The van der Waals surface area contributed by atoms with Gasteiger partial charge in [0.2, 0.25) is 0 Å². The molecule has 8 heteroatoms. The summed E-state index contributed by atoms with van der Waals surface area (Å²) >= 11 is 6.18. The molecule has 0 aliphatic heterocycles. The van der Waals surface area contributed by atoms with Gasteiger partial charge in [0.1, 0.15) is 18.2 Å². The van der Waals surface area contributed by atoms with Gasteiger partial charge in [-0.05, 0) is 48.0 Å². The van der Waals surface area contributed by atoms with Gasteiger partial charge in [0.25, 0.3) is 5.91 Å². The van der Waals surface area contributed by atoms with Crippen molar-refractivity contribution in [2.45, 2.75) is 6.61 Å². The molecular weight excluding hydrogens is 444 g/mol. The van der Waals surface area contributed by atoms with Crippen molar-refractivity contribution >= 4 is 35.2 Å². The highest BCUT2D eigenvalue weighted by Crippen LogP contribution is 2.30. The maximum atomic E-state index is 12.6. The summed E-state index contributed by atoms with van der Waals surface area (Å²) < 4.78 is 11.2. The Labute approximate surface area is 195 Å². The van der Waals surface area contributed by atoms with E-state index in [2.05, 4.69) is 5.32 Å². The standard InChI is InChI=1S/C25H19ClN2O5/c1-32-22-10-9-16(12-23(22)33-15-18-5-2-3-8-21(18)26)11-19(14-27)24(29)28-20-7-4-6-17(13-20)25(30)31/h2-13H,15H2,1H3,(H,28,29)(H,30,31)/b19-11-. The molecule has 0 bridgehead atoms. The van der Waals surface area contributed by atoms with E-state index in [0.29, 0.717) is 22.1 Å². The summed E-state index contributed by atoms with van der Waals surface area (Å²) in [5, 5.41) is 21.7. The largest absolute Gasteiger partial charge is 0.493 e. The number of methoxy groups -OCH3 is 1. The van der Waals surface area contributed by atoms with Gasteiger partial charge in [0, 0.05) is 16.3 Å². The van der Waals surface area contributed by atoms with Crippen molar-refractivity contribution in [3.05, 3.63) is 94.0 Å². The van der Waals surface area contributed by atoms with E-state index in [1.54, 1.807) is 24.3 Å². The van der Waals surface area contributed by atoms with Crippen LogP contribution < -0.4 is 14.8 Å². The van der Waals surface area contributed by atoms with Crippen LogP contribution in [0.5, 0.6) is 11.5 Å². The van der Waals surface area contributed by atoms with Crippen LogP contribution in [0.15, 0.2) is 72.3 Å². The summed E-state index contributed by atoms with van der Waals surface area (Å²) in [4.78, 5) is 23.7. The van der Waals surface area contributed by atoms with Gasteiger partial charge in [-0.3, -0.25) is 4.79 Å². The Bertz CT molecular complexity index is 1260. The number of halogens is 1. The number of carbonyl (C=O) groups excluding carboxylic acids is 1. The molecule has 166 valence electrons. The Hall–Kier alpha value is -4.28. The monoisotopic (exact) mass is 462 g/mol. The third kappa shape index (κ3) is 6.12. The Morgan fingerprint density at radius 1 is 1.09 bits per heavy atom. The number of carbonyl (C=O) groups is 2. The summed E-state index contributed by atoms with van der Waals surface area (Å²) in [6.07, 6.45) is 1.40. The van der Waals surface area contributed by atoms with Crippen molar-refractivity contribution < 1.29 is 24.2 Å². The van der Waals surface area contributed by atoms with Crippen molar-refractivity contribution in [2.24, 2.45) is 0 Å². The summed E-state index contributed by atoms with van der Waals surface area (Å²) in [7, 11) is 1.51. The average Bonchev–Trinajstić information content (AvgIpc) is 2.82. The van der Waals surface area contributed by atoms with Gasteiger partial charge in [0.15, 0.2) is 11.5 Å². The topological polar surface area (TPSA) is 109 Å². The molecular formula is C25H19ClN2O5. The molecule has 7 nitrogen and oxygen atoms in total. The van der Waals surface area contributed by atoms with Crippen LogP contribution in [-0.2, 0) is 11.4 Å². The van der Waals surface area contributed by atoms with Crippen molar-refractivity contribution in [1.29, 1.82) is 5.26 Å². The van der Waals surface area contributed by atoms with Gasteiger partial charge in [0.05, 0.1) is 12.7 Å². The number of rotatable bonds is 8. The lowest BCUT2D eigenvalue weighted by molar-refractivity contribution is -0.112. The van der Waals surface area contributed by atoms with E-state index in [1.807, 2.05) is 24.3 Å². The molecule has 0 aliphatic carbocycles. The van der Waals surface area contributed by atoms with Crippen LogP contribution in [0.4, 0.5) is 5.69 Å². The molecule has 2 N–H and O–H groups in total. The number of ether oxygens (including phenoxy) is 2. The molecule has 0 radical (unpaired) electrons. The minimum atomic E-state index is -1.12. The van der Waals surface area contributed by atoms with Crippen molar-refractivity contribution in [3.63, 3.8) is 0 Å². The molecule has 1 amide bonds. The number of nitriles is 1. The Morgan fingerprint density at radius 2 is 1.88 bits per heavy atom. The minimum Gasteiger partial charge on any atom is -0.493 e. The zero-order valence-electron chi connectivity index (χ0n) is 17.5. The van der Waals surface area contributed by atoms with Crippen molar-refractivity contribution in [3.8, 4) is 17.6 Å². The molecule has 0 unspecified atom stereocenters. The predicted octanol–water partition coefficient (Wildman–Crippen LogP) is 5.17. The van der Waals surface area contributed by atoms with E-state index >= 15 is 0 Å². The zero-order valence-corrected chi connectivity index (χ0v) is 18.3. The average molecular weight is 463 g/mol. The molecule has 3 aromatic carbocycles. The quantitative estimate of drug-likeness (QED) is 0.353. The first kappa shape index (κ1) is 23.4. The van der Waals surface area contributed by atoms with Crippen LogP contribution in [0, 0.1) is 11.3 Å². The molecule has 3 rings (SSSR count). The van der Waals surface area contributed by atoms with E-state index in [1.165, 1.54) is 37.5 Å². The van der Waals surface area contributed by atoms with Gasteiger partial charge < -0.3 is 19.9 Å². The molecule has 0 spiro atoms. The number of nitrogens with one attached hydrogen (secondary N) is 1. The fourth-order valence-corrected chi connectivity index (χ4v) is 3.10. The third-order valence-electron chi connectivity index (χ3n) is 4.57. The minimum absolute atomic E-state index is 0.0192. The predicted molar refractivity (Wildman–Crippen MR) is 124 cm³/mol. The van der Waals surface area contributed by atoms with E-state index in [9.17, 15) is 14.9 Å². The molecule has 0 saturated carbocycles. The van der Waals surface area contributed by atoms with E-state index in [-0.39, 0.29) is 23.4 Å². The third-order valence-corrected chi connectivity index (χ3v) is 4.94. The number of amides is 1. The Kier molecular flexibility index (Phi) is 7.68. The number of nitrogens with zero attached hydrogens (tertiary/aromatic N) is 1. The van der Waals surface area contributed by atoms with E-state index in [4.69, 9.17) is 26.2 Å². The fourth-order valence-electron chi connectivity index (χ4n) is 2.91. The molecule has 0 heterocycles. The van der Waals surface area contributed by atoms with Crippen LogP contribution in [0.1, 0.15) is 21.5 Å². The number of carboxylic acids is 1. The van der Waals surface area contributed by atoms with Crippen LogP contribution in [0.3, 0.4) is 0 Å². The second-order valence-electron chi connectivity index (χ2n) is 6.80. The zero-order chi connectivity index (χ0) is 23.8. The van der Waals surface area contributed by atoms with Crippen LogP contribution in [-0.4, -0.2) is 24.1 Å². The number of benzene rings is 3. The lowest BCUT2D eigenvalue weighted by atomic mass is 10.1. The maximum Gasteiger partial charge on any atom is 0.335 e. The molecule has 0 saturated heterocycles. The summed E-state index contributed by atoms with van der Waals surface area (Å²) in [5.74, 6) is -0.898. The number of hydrogen-bond acceptors (Lipinski definition) is 5. The second-order valence-corrected chi connectivity index (χ2v) is 7.21. The van der Waals surface area contributed by atoms with Gasteiger partial charge in [-0.1, -0.05) is 41.9 Å². The summed E-state index contributed by atoms with van der Waals surface area (Å²) in [5.41, 5.74) is 1.45. The first-order valence-electron chi connectivity index (χ1n) is 9.72. The molecule has 0 aliphatic rings. The Morgan fingerprint density at radius 3 is 2.58 bits per heavy atom. The van der Waals surface area contributed by atoms with E-state index < -0.39 is 11.9 Å². The number of aromatic carboxylic acids is 1. The van der Waals surface area contributed by atoms with Crippen LogP contribution in [0.2, 0.25) is 5.02 Å². The summed E-state index contributed by atoms with van der Waals surface area (Å²) in [6, 6.07) is 19.9. The highest BCUT2D eigenvalue weighted by molar-refractivity contribution is 6.31. The highest BCUT2D eigenvalue weighted by atomic mass is 35.5. The van der Waals surface area contributed by atoms with Gasteiger partial charge >= 0.3 is 5.97 Å². The molecule has 0 fully saturated rings. The molecule has 3 aromatic rings. The van der Waals surface area contributed by atoms with Crippen molar-refractivity contribution in [2.75, 3.05) is 12.4 Å². The SMILES string of the molecule is COc1ccc(/C=C(/C#N)C(=O)Nc2cccc(C(=O)O)c2)cc1OCc1ccccc1Cl. The normalized spacial score (nSPS) is 10.8. The highest BCUT2D eigenvalue weighted by Gasteiger charge is 2.13. The lowest BCUT2D eigenvalue weighted by Crippen LogP contribution is -2.14.